The molecule has 0 aliphatic carbocycles. The molecule has 0 aromatic heterocycles. The second kappa shape index (κ2) is 6.19. The summed E-state index contributed by atoms with van der Waals surface area (Å²) in [6.07, 6.45) is 11.3. The molecular weight excluding hydrogens is 208 g/mol. The van der Waals surface area contributed by atoms with Gasteiger partial charge in [-0.1, -0.05) is 13.3 Å². The average molecular weight is 238 g/mol. The molecule has 17 heavy (non-hydrogen) atoms. The fourth-order valence-electron chi connectivity index (χ4n) is 3.71. The molecule has 2 fully saturated rings. The van der Waals surface area contributed by atoms with Crippen LogP contribution in [0.4, 0.5) is 0 Å². The summed E-state index contributed by atoms with van der Waals surface area (Å²) >= 11 is 0. The molecule has 2 aliphatic rings. The molecule has 100 valence electrons. The number of nitrogens with one attached hydrogen (secondary N) is 1. The molecule has 0 aromatic carbocycles. The highest BCUT2D eigenvalue weighted by Crippen LogP contribution is 2.31. The van der Waals surface area contributed by atoms with Gasteiger partial charge in [0.2, 0.25) is 0 Å². The van der Waals surface area contributed by atoms with Crippen molar-refractivity contribution in [3.05, 3.63) is 0 Å². The third-order valence-corrected chi connectivity index (χ3v) is 5.01. The first-order valence-electron chi connectivity index (χ1n) is 7.68. The lowest BCUT2D eigenvalue weighted by atomic mass is 9.79. The summed E-state index contributed by atoms with van der Waals surface area (Å²) in [5, 5.41) is 3.82. The molecule has 2 rings (SSSR count). The molecule has 2 nitrogen and oxygen atoms in total. The average Bonchev–Trinajstić information content (AvgIpc) is 2.38. The first-order chi connectivity index (χ1) is 8.24. The van der Waals surface area contributed by atoms with E-state index < -0.39 is 0 Å². The minimum absolute atomic E-state index is 0.494. The second-order valence-electron chi connectivity index (χ2n) is 6.33. The van der Waals surface area contributed by atoms with Crippen molar-refractivity contribution >= 4 is 0 Å². The summed E-state index contributed by atoms with van der Waals surface area (Å²) in [6.45, 7) is 6.26. The molecule has 0 radical (unpaired) electrons. The van der Waals surface area contributed by atoms with Crippen molar-refractivity contribution in [3.8, 4) is 0 Å². The highest BCUT2D eigenvalue weighted by atomic mass is 15.1. The van der Waals surface area contributed by atoms with E-state index in [9.17, 15) is 0 Å². The Morgan fingerprint density at radius 3 is 2.82 bits per heavy atom. The van der Waals surface area contributed by atoms with Crippen LogP contribution in [0.3, 0.4) is 0 Å². The van der Waals surface area contributed by atoms with Gasteiger partial charge in [-0.15, -0.1) is 0 Å². The zero-order chi connectivity index (χ0) is 12.1. The maximum atomic E-state index is 3.82. The Labute approximate surface area is 107 Å². The number of likely N-dealkylation sites (tertiary alicyclic amines) is 1. The largest absolute Gasteiger partial charge is 0.311 e. The fourth-order valence-corrected chi connectivity index (χ4v) is 3.71. The smallest absolute Gasteiger partial charge is 0.0179 e. The molecule has 2 atom stereocenters. The lowest BCUT2D eigenvalue weighted by Crippen LogP contribution is -2.48. The van der Waals surface area contributed by atoms with Crippen LogP contribution in [-0.2, 0) is 0 Å². The van der Waals surface area contributed by atoms with Crippen LogP contribution in [0.2, 0.25) is 0 Å². The predicted molar refractivity (Wildman–Crippen MR) is 74.3 cm³/mol. The molecule has 2 heteroatoms. The van der Waals surface area contributed by atoms with E-state index in [2.05, 4.69) is 24.2 Å². The predicted octanol–water partition coefficient (Wildman–Crippen LogP) is 3.03. The monoisotopic (exact) mass is 238 g/mol. The van der Waals surface area contributed by atoms with Crippen molar-refractivity contribution < 1.29 is 0 Å². The Bertz CT molecular complexity index is 221. The third-order valence-electron chi connectivity index (χ3n) is 5.01. The van der Waals surface area contributed by atoms with E-state index in [0.29, 0.717) is 5.54 Å². The second-order valence-corrected chi connectivity index (χ2v) is 6.33. The van der Waals surface area contributed by atoms with Crippen molar-refractivity contribution in [2.45, 2.75) is 63.8 Å². The molecule has 0 saturated carbocycles. The van der Waals surface area contributed by atoms with E-state index >= 15 is 0 Å². The zero-order valence-corrected chi connectivity index (χ0v) is 11.8. The Morgan fingerprint density at radius 2 is 2.18 bits per heavy atom. The van der Waals surface area contributed by atoms with Gasteiger partial charge in [-0.25, -0.2) is 0 Å². The van der Waals surface area contributed by atoms with E-state index in [4.69, 9.17) is 0 Å². The van der Waals surface area contributed by atoms with E-state index in [1.807, 2.05) is 0 Å². The highest BCUT2D eigenvalue weighted by molar-refractivity contribution is 4.90. The molecule has 0 aromatic rings. The van der Waals surface area contributed by atoms with E-state index in [0.717, 1.165) is 5.92 Å². The molecule has 0 spiro atoms. The van der Waals surface area contributed by atoms with Crippen molar-refractivity contribution in [1.82, 2.24) is 10.2 Å². The van der Waals surface area contributed by atoms with E-state index in [1.165, 1.54) is 71.0 Å². The Morgan fingerprint density at radius 1 is 1.29 bits per heavy atom. The number of hydrogen-bond acceptors (Lipinski definition) is 2. The van der Waals surface area contributed by atoms with Crippen LogP contribution < -0.4 is 5.32 Å². The van der Waals surface area contributed by atoms with Crippen LogP contribution in [0.1, 0.15) is 58.3 Å². The Hall–Kier alpha value is -0.0800. The molecule has 1 N–H and O–H groups in total. The minimum atomic E-state index is 0.494. The van der Waals surface area contributed by atoms with Gasteiger partial charge in [-0.05, 0) is 71.0 Å². The van der Waals surface area contributed by atoms with Gasteiger partial charge in [-0.3, -0.25) is 0 Å². The summed E-state index contributed by atoms with van der Waals surface area (Å²) in [7, 11) is 2.28. The topological polar surface area (TPSA) is 15.3 Å². The first-order valence-corrected chi connectivity index (χ1v) is 7.68. The zero-order valence-electron chi connectivity index (χ0n) is 11.8. The maximum absolute atomic E-state index is 3.82. The van der Waals surface area contributed by atoms with Crippen molar-refractivity contribution in [1.29, 1.82) is 0 Å². The van der Waals surface area contributed by atoms with Crippen LogP contribution >= 0.6 is 0 Å². The Balaban J connectivity index is 1.78. The van der Waals surface area contributed by atoms with Gasteiger partial charge < -0.3 is 10.2 Å². The van der Waals surface area contributed by atoms with Crippen LogP contribution in [0, 0.1) is 5.92 Å². The number of piperidine rings is 2. The number of rotatable bonds is 4. The van der Waals surface area contributed by atoms with Crippen molar-refractivity contribution in [2.24, 2.45) is 5.92 Å². The molecule has 2 saturated heterocycles. The van der Waals surface area contributed by atoms with Crippen LogP contribution in [0.15, 0.2) is 0 Å². The number of nitrogens with zero attached hydrogens (tertiary/aromatic N) is 1. The minimum Gasteiger partial charge on any atom is -0.311 e. The summed E-state index contributed by atoms with van der Waals surface area (Å²) < 4.78 is 0. The van der Waals surface area contributed by atoms with Crippen molar-refractivity contribution in [2.75, 3.05) is 26.7 Å². The Kier molecular flexibility index (Phi) is 4.87. The van der Waals surface area contributed by atoms with Crippen LogP contribution in [0.25, 0.3) is 0 Å². The summed E-state index contributed by atoms with van der Waals surface area (Å²) in [5.41, 5.74) is 0.494. The van der Waals surface area contributed by atoms with Gasteiger partial charge in [-0.2, -0.15) is 0 Å². The third kappa shape index (κ3) is 3.69. The molecule has 0 bridgehead atoms. The van der Waals surface area contributed by atoms with Crippen LogP contribution in [0.5, 0.6) is 0 Å². The lowest BCUT2D eigenvalue weighted by Gasteiger charge is -2.40. The fraction of sp³-hybridized carbons (Fsp3) is 1.00. The van der Waals surface area contributed by atoms with Gasteiger partial charge in [0, 0.05) is 12.1 Å². The molecule has 0 amide bonds. The summed E-state index contributed by atoms with van der Waals surface area (Å²) in [6, 6.07) is 0. The highest BCUT2D eigenvalue weighted by Gasteiger charge is 2.30. The van der Waals surface area contributed by atoms with E-state index in [1.54, 1.807) is 0 Å². The first kappa shape index (κ1) is 13.4. The normalized spacial score (nSPS) is 36.0. The van der Waals surface area contributed by atoms with Crippen LogP contribution in [-0.4, -0.2) is 37.1 Å². The standard InChI is InChI=1S/C15H30N2/c1-3-15(9-4-5-11-16-15)10-8-14-7-6-12-17(2)13-14/h14,16H,3-13H2,1-2H3. The quantitative estimate of drug-likeness (QED) is 0.810. The van der Waals surface area contributed by atoms with E-state index in [-0.39, 0.29) is 0 Å². The lowest BCUT2D eigenvalue weighted by molar-refractivity contribution is 0.166. The number of hydrogen-bond donors (Lipinski definition) is 1. The molecule has 2 aliphatic heterocycles. The SMILES string of the molecule is CCC1(CCC2CCCN(C)C2)CCCCN1. The van der Waals surface area contributed by atoms with Gasteiger partial charge in [0.05, 0.1) is 0 Å². The summed E-state index contributed by atoms with van der Waals surface area (Å²) in [5.74, 6) is 0.959. The summed E-state index contributed by atoms with van der Waals surface area (Å²) in [4.78, 5) is 2.51. The van der Waals surface area contributed by atoms with Gasteiger partial charge in [0.15, 0.2) is 0 Å². The van der Waals surface area contributed by atoms with Gasteiger partial charge in [0.1, 0.15) is 0 Å². The van der Waals surface area contributed by atoms with Gasteiger partial charge >= 0.3 is 0 Å². The molecule has 2 heterocycles. The molecule has 2 unspecified atom stereocenters. The molecular formula is C15H30N2. The maximum Gasteiger partial charge on any atom is 0.0179 e. The van der Waals surface area contributed by atoms with Crippen molar-refractivity contribution in [3.63, 3.8) is 0 Å². The van der Waals surface area contributed by atoms with Gasteiger partial charge in [0.25, 0.3) is 0 Å².